The fourth-order valence-corrected chi connectivity index (χ4v) is 3.07. The van der Waals surface area contributed by atoms with Crippen LogP contribution in [0.5, 0.6) is 0 Å². The van der Waals surface area contributed by atoms with Gasteiger partial charge in [0.25, 0.3) is 0 Å². The van der Waals surface area contributed by atoms with Crippen molar-refractivity contribution in [3.63, 3.8) is 0 Å². The van der Waals surface area contributed by atoms with E-state index in [1.54, 1.807) is 0 Å². The van der Waals surface area contributed by atoms with Crippen LogP contribution in [0, 0.1) is 5.92 Å². The van der Waals surface area contributed by atoms with Crippen molar-refractivity contribution < 1.29 is 9.53 Å². The second-order valence-electron chi connectivity index (χ2n) is 5.60. The Morgan fingerprint density at radius 2 is 1.47 bits per heavy atom. The van der Waals surface area contributed by atoms with Gasteiger partial charge in [0.1, 0.15) is 6.10 Å². The van der Waals surface area contributed by atoms with E-state index in [0.717, 1.165) is 18.4 Å². The average Bonchev–Trinajstić information content (AvgIpc) is 2.99. The number of allylic oxidation sites excluding steroid dienone is 1. The van der Waals surface area contributed by atoms with Gasteiger partial charge >= 0.3 is 5.97 Å². The molecule has 2 aliphatic carbocycles. The third-order valence-corrected chi connectivity index (χ3v) is 4.44. The number of rotatable bonds is 3. The van der Waals surface area contributed by atoms with Gasteiger partial charge in [-0.25, -0.2) is 4.79 Å². The smallest absolute Gasteiger partial charge is 0.333 e. The van der Waals surface area contributed by atoms with Gasteiger partial charge < -0.3 is 4.74 Å². The second kappa shape index (κ2) is 5.70. The van der Waals surface area contributed by atoms with Gasteiger partial charge in [0.15, 0.2) is 0 Å². The second-order valence-corrected chi connectivity index (χ2v) is 5.60. The van der Waals surface area contributed by atoms with Gasteiger partial charge in [0, 0.05) is 5.57 Å². The van der Waals surface area contributed by atoms with Crippen molar-refractivity contribution in [2.24, 2.45) is 5.92 Å². The number of carbonyl (C=O) groups is 1. The molecule has 17 heavy (non-hydrogen) atoms. The van der Waals surface area contributed by atoms with E-state index in [-0.39, 0.29) is 12.1 Å². The van der Waals surface area contributed by atoms with Crippen LogP contribution in [0.15, 0.2) is 11.1 Å². The molecule has 0 amide bonds. The minimum absolute atomic E-state index is 0.0682. The maximum absolute atomic E-state index is 12.0. The SMILES string of the molecule is CC(C(=O)OC1CCCC1)=C(C)C1CCCC1. The minimum atomic E-state index is -0.0682. The first kappa shape index (κ1) is 12.7. The Morgan fingerprint density at radius 1 is 0.941 bits per heavy atom. The van der Waals surface area contributed by atoms with Crippen molar-refractivity contribution in [3.8, 4) is 0 Å². The van der Waals surface area contributed by atoms with E-state index in [0.29, 0.717) is 5.92 Å². The molecule has 2 nitrogen and oxygen atoms in total. The summed E-state index contributed by atoms with van der Waals surface area (Å²) in [7, 11) is 0. The molecule has 2 saturated carbocycles. The number of hydrogen-bond donors (Lipinski definition) is 0. The van der Waals surface area contributed by atoms with Crippen LogP contribution in [-0.2, 0) is 9.53 Å². The Kier molecular flexibility index (Phi) is 4.25. The normalized spacial score (nSPS) is 23.9. The summed E-state index contributed by atoms with van der Waals surface area (Å²) in [5.74, 6) is 0.562. The first-order valence-corrected chi connectivity index (χ1v) is 7.07. The van der Waals surface area contributed by atoms with Gasteiger partial charge in [-0.05, 0) is 58.3 Å². The summed E-state index contributed by atoms with van der Waals surface area (Å²) in [6, 6.07) is 0. The molecule has 0 aromatic rings. The summed E-state index contributed by atoms with van der Waals surface area (Å²) in [6.07, 6.45) is 9.85. The molecule has 0 aromatic carbocycles. The number of esters is 1. The highest BCUT2D eigenvalue weighted by Gasteiger charge is 2.24. The molecule has 0 bridgehead atoms. The van der Waals surface area contributed by atoms with Crippen molar-refractivity contribution >= 4 is 5.97 Å². The Hall–Kier alpha value is -0.790. The lowest BCUT2D eigenvalue weighted by Gasteiger charge is -2.16. The molecular formula is C15H24O2. The van der Waals surface area contributed by atoms with Crippen LogP contribution < -0.4 is 0 Å². The zero-order chi connectivity index (χ0) is 12.3. The van der Waals surface area contributed by atoms with Crippen molar-refractivity contribution in [1.29, 1.82) is 0 Å². The Labute approximate surface area is 104 Å². The highest BCUT2D eigenvalue weighted by Crippen LogP contribution is 2.33. The van der Waals surface area contributed by atoms with E-state index in [2.05, 4.69) is 6.92 Å². The largest absolute Gasteiger partial charge is 0.459 e. The van der Waals surface area contributed by atoms with Gasteiger partial charge in [-0.15, -0.1) is 0 Å². The third kappa shape index (κ3) is 3.11. The van der Waals surface area contributed by atoms with Crippen LogP contribution in [0.25, 0.3) is 0 Å². The summed E-state index contributed by atoms with van der Waals surface area (Å²) in [5.41, 5.74) is 2.13. The molecule has 2 aliphatic rings. The topological polar surface area (TPSA) is 26.3 Å². The first-order chi connectivity index (χ1) is 8.18. The number of carbonyl (C=O) groups excluding carboxylic acids is 1. The molecule has 2 rings (SSSR count). The van der Waals surface area contributed by atoms with Crippen molar-refractivity contribution in [1.82, 2.24) is 0 Å². The third-order valence-electron chi connectivity index (χ3n) is 4.44. The highest BCUT2D eigenvalue weighted by atomic mass is 16.5. The van der Waals surface area contributed by atoms with Crippen LogP contribution in [-0.4, -0.2) is 12.1 Å². The monoisotopic (exact) mass is 236 g/mol. The molecule has 0 N–H and O–H groups in total. The molecule has 0 unspecified atom stereocenters. The average molecular weight is 236 g/mol. The molecule has 0 aliphatic heterocycles. The molecule has 2 heteroatoms. The highest BCUT2D eigenvalue weighted by molar-refractivity contribution is 5.88. The van der Waals surface area contributed by atoms with Crippen LogP contribution in [0.2, 0.25) is 0 Å². The van der Waals surface area contributed by atoms with Crippen molar-refractivity contribution in [2.45, 2.75) is 71.3 Å². The molecule has 2 fully saturated rings. The summed E-state index contributed by atoms with van der Waals surface area (Å²) < 4.78 is 5.56. The van der Waals surface area contributed by atoms with Crippen molar-refractivity contribution in [2.75, 3.05) is 0 Å². The standard InChI is InChI=1S/C15H24O2/c1-11(13-7-3-4-8-13)12(2)15(16)17-14-9-5-6-10-14/h13-14H,3-10H2,1-2H3. The predicted molar refractivity (Wildman–Crippen MR) is 68.7 cm³/mol. The maximum Gasteiger partial charge on any atom is 0.333 e. The molecule has 0 spiro atoms. The molecule has 0 radical (unpaired) electrons. The zero-order valence-corrected chi connectivity index (χ0v) is 11.1. The summed E-state index contributed by atoms with van der Waals surface area (Å²) in [5, 5.41) is 0. The van der Waals surface area contributed by atoms with Crippen molar-refractivity contribution in [3.05, 3.63) is 11.1 Å². The van der Waals surface area contributed by atoms with E-state index < -0.39 is 0 Å². The molecule has 0 atom stereocenters. The molecule has 0 saturated heterocycles. The lowest BCUT2D eigenvalue weighted by Crippen LogP contribution is -2.17. The van der Waals surface area contributed by atoms with E-state index in [1.165, 1.54) is 44.1 Å². The van der Waals surface area contributed by atoms with E-state index in [4.69, 9.17) is 4.74 Å². The molecule has 0 heterocycles. The van der Waals surface area contributed by atoms with Crippen LogP contribution in [0.1, 0.15) is 65.2 Å². The van der Waals surface area contributed by atoms with Gasteiger partial charge in [0.2, 0.25) is 0 Å². The van der Waals surface area contributed by atoms with E-state index >= 15 is 0 Å². The number of hydrogen-bond acceptors (Lipinski definition) is 2. The Balaban J connectivity index is 1.94. The zero-order valence-electron chi connectivity index (χ0n) is 11.1. The quantitative estimate of drug-likeness (QED) is 0.547. The van der Waals surface area contributed by atoms with Gasteiger partial charge in [-0.2, -0.15) is 0 Å². The fraction of sp³-hybridized carbons (Fsp3) is 0.800. The molecular weight excluding hydrogens is 212 g/mol. The van der Waals surface area contributed by atoms with Crippen LogP contribution in [0.3, 0.4) is 0 Å². The molecule has 96 valence electrons. The maximum atomic E-state index is 12.0. The van der Waals surface area contributed by atoms with E-state index in [9.17, 15) is 4.79 Å². The number of ether oxygens (including phenoxy) is 1. The predicted octanol–water partition coefficient (Wildman–Crippen LogP) is 4.00. The lowest BCUT2D eigenvalue weighted by atomic mass is 9.95. The van der Waals surface area contributed by atoms with E-state index in [1.807, 2.05) is 6.92 Å². The molecule has 0 aromatic heterocycles. The Morgan fingerprint density at radius 3 is 2.06 bits per heavy atom. The van der Waals surface area contributed by atoms with Crippen LogP contribution in [0.4, 0.5) is 0 Å². The summed E-state index contributed by atoms with van der Waals surface area (Å²) >= 11 is 0. The van der Waals surface area contributed by atoms with Gasteiger partial charge in [-0.1, -0.05) is 18.4 Å². The summed E-state index contributed by atoms with van der Waals surface area (Å²) in [6.45, 7) is 4.05. The van der Waals surface area contributed by atoms with Gasteiger partial charge in [-0.3, -0.25) is 0 Å². The Bertz CT molecular complexity index is 305. The fourth-order valence-electron chi connectivity index (χ4n) is 3.07. The first-order valence-electron chi connectivity index (χ1n) is 7.07. The minimum Gasteiger partial charge on any atom is -0.459 e. The lowest BCUT2D eigenvalue weighted by molar-refractivity contribution is -0.144. The van der Waals surface area contributed by atoms with Crippen LogP contribution >= 0.6 is 0 Å². The van der Waals surface area contributed by atoms with Gasteiger partial charge in [0.05, 0.1) is 0 Å². The summed E-state index contributed by atoms with van der Waals surface area (Å²) in [4.78, 5) is 12.0.